The molecule has 0 saturated carbocycles. The summed E-state index contributed by atoms with van der Waals surface area (Å²) >= 11 is 0. The second-order valence-electron chi connectivity index (χ2n) is 14.7. The first-order valence-corrected chi connectivity index (χ1v) is 17.6. The van der Waals surface area contributed by atoms with Crippen LogP contribution < -0.4 is 4.57 Å². The van der Waals surface area contributed by atoms with Crippen molar-refractivity contribution in [2.75, 3.05) is 0 Å². The molecule has 0 unspecified atom stereocenters. The van der Waals surface area contributed by atoms with Crippen LogP contribution in [-0.4, -0.2) is 4.57 Å². The standard InChI is InChI=1S/C41H35F14N2/c1-16(2)20-11-9-12-21(17(3)4)37(20)56-15-24(25-29(42)33(46)27(40(50,51)52)34(47)30(25)43)57(38-22(18(5)6)13-10-14-23(38)19(7)8)39(56)26-31(44)35(48)28(41(53,54)55)36(49)32(26)45/h9-19H,1-8H3/q+1. The van der Waals surface area contributed by atoms with Crippen molar-refractivity contribution in [1.29, 1.82) is 0 Å². The summed E-state index contributed by atoms with van der Waals surface area (Å²) in [5.74, 6) is -25.6. The molecule has 4 aromatic carbocycles. The van der Waals surface area contributed by atoms with E-state index in [4.69, 9.17) is 0 Å². The molecule has 0 amide bonds. The van der Waals surface area contributed by atoms with Gasteiger partial charge in [-0.1, -0.05) is 91.8 Å². The van der Waals surface area contributed by atoms with E-state index in [0.717, 1.165) is 4.57 Å². The van der Waals surface area contributed by atoms with Gasteiger partial charge in [-0.15, -0.1) is 0 Å². The highest BCUT2D eigenvalue weighted by atomic mass is 19.4. The van der Waals surface area contributed by atoms with Gasteiger partial charge in [0, 0.05) is 22.3 Å². The van der Waals surface area contributed by atoms with E-state index >= 15 is 35.1 Å². The summed E-state index contributed by atoms with van der Waals surface area (Å²) in [7, 11) is 0. The molecule has 0 bridgehead atoms. The molecule has 0 N–H and O–H groups in total. The number of imidazole rings is 1. The van der Waals surface area contributed by atoms with Crippen LogP contribution in [0.3, 0.4) is 0 Å². The predicted octanol–water partition coefficient (Wildman–Crippen LogP) is 13.7. The summed E-state index contributed by atoms with van der Waals surface area (Å²) in [6, 6.07) is 8.92. The molecule has 306 valence electrons. The Morgan fingerprint density at radius 2 is 0.772 bits per heavy atom. The number of benzene rings is 4. The van der Waals surface area contributed by atoms with Crippen LogP contribution in [0.4, 0.5) is 61.5 Å². The van der Waals surface area contributed by atoms with Crippen LogP contribution in [0.5, 0.6) is 0 Å². The summed E-state index contributed by atoms with van der Waals surface area (Å²) in [6.07, 6.45) is -11.3. The average Bonchev–Trinajstić information content (AvgIpc) is 3.46. The largest absolute Gasteiger partial charge is 0.422 e. The van der Waals surface area contributed by atoms with E-state index in [1.165, 1.54) is 30.3 Å². The van der Waals surface area contributed by atoms with Gasteiger partial charge < -0.3 is 0 Å². The molecule has 0 spiro atoms. The lowest BCUT2D eigenvalue weighted by atomic mass is 9.91. The SMILES string of the molecule is CC(C)c1cccc(C(C)C)c1-n1c(-c2c(F)c(F)c(C(F)(F)F)c(F)c2F)c[n+](-c2c(C(C)C)cccc2C(C)C)c1-c1c(F)c(F)c(C(F)(F)F)c(F)c1F. The molecule has 57 heavy (non-hydrogen) atoms. The molecule has 0 aliphatic carbocycles. The number of hydrogen-bond acceptors (Lipinski definition) is 0. The van der Waals surface area contributed by atoms with Gasteiger partial charge in [0.05, 0.1) is 0 Å². The minimum Gasteiger partial charge on any atom is -0.203 e. The Morgan fingerprint density at radius 3 is 1.09 bits per heavy atom. The fourth-order valence-corrected chi connectivity index (χ4v) is 7.01. The quantitative estimate of drug-likeness (QED) is 0.0838. The lowest BCUT2D eigenvalue weighted by Gasteiger charge is -2.21. The molecule has 16 heteroatoms. The van der Waals surface area contributed by atoms with E-state index in [2.05, 4.69) is 0 Å². The Kier molecular flexibility index (Phi) is 11.5. The molecule has 0 aliphatic heterocycles. The van der Waals surface area contributed by atoms with Crippen molar-refractivity contribution in [3.63, 3.8) is 0 Å². The smallest absolute Gasteiger partial charge is 0.203 e. The number of hydrogen-bond donors (Lipinski definition) is 0. The third-order valence-electron chi connectivity index (χ3n) is 9.66. The fourth-order valence-electron chi connectivity index (χ4n) is 7.01. The lowest BCUT2D eigenvalue weighted by Crippen LogP contribution is -2.36. The van der Waals surface area contributed by atoms with Gasteiger partial charge in [0.2, 0.25) is 0 Å². The van der Waals surface area contributed by atoms with Crippen molar-refractivity contribution < 1.29 is 66.0 Å². The zero-order valence-corrected chi connectivity index (χ0v) is 31.5. The van der Waals surface area contributed by atoms with Gasteiger partial charge >= 0.3 is 18.2 Å². The third-order valence-corrected chi connectivity index (χ3v) is 9.66. The van der Waals surface area contributed by atoms with Crippen LogP contribution in [0.25, 0.3) is 34.0 Å². The summed E-state index contributed by atoms with van der Waals surface area (Å²) < 4.78 is 212. The topological polar surface area (TPSA) is 8.81 Å². The molecule has 0 radical (unpaired) electrons. The van der Waals surface area contributed by atoms with Gasteiger partial charge in [-0.05, 0) is 23.7 Å². The average molecular weight is 822 g/mol. The summed E-state index contributed by atoms with van der Waals surface area (Å²) in [6.45, 7) is 12.9. The van der Waals surface area contributed by atoms with E-state index in [1.807, 2.05) is 0 Å². The molecule has 0 aliphatic rings. The van der Waals surface area contributed by atoms with Gasteiger partial charge in [-0.2, -0.15) is 35.5 Å². The molecular weight excluding hydrogens is 786 g/mol. The highest BCUT2D eigenvalue weighted by Crippen LogP contribution is 2.46. The van der Waals surface area contributed by atoms with E-state index in [0.29, 0.717) is 10.8 Å². The van der Waals surface area contributed by atoms with Crippen molar-refractivity contribution in [3.05, 3.63) is 123 Å². The Balaban J connectivity index is 2.28. The number of halogens is 14. The molecule has 2 nitrogen and oxygen atoms in total. The Morgan fingerprint density at radius 1 is 0.456 bits per heavy atom. The molecule has 0 saturated heterocycles. The zero-order chi connectivity index (χ0) is 43.0. The lowest BCUT2D eigenvalue weighted by molar-refractivity contribution is -0.583. The fraction of sp³-hybridized carbons (Fsp3) is 0.341. The molecule has 0 fully saturated rings. The van der Waals surface area contributed by atoms with Crippen molar-refractivity contribution in [2.45, 2.75) is 91.4 Å². The van der Waals surface area contributed by atoms with Crippen molar-refractivity contribution >= 4 is 0 Å². The second-order valence-corrected chi connectivity index (χ2v) is 14.7. The Labute approximate surface area is 318 Å². The summed E-state index contributed by atoms with van der Waals surface area (Å²) in [5, 5.41) is 0. The monoisotopic (exact) mass is 821 g/mol. The Bertz CT molecular complexity index is 2270. The van der Waals surface area contributed by atoms with Crippen LogP contribution in [0.15, 0.2) is 42.6 Å². The maximum Gasteiger partial charge on any atom is 0.422 e. The third kappa shape index (κ3) is 7.17. The van der Waals surface area contributed by atoms with Gasteiger partial charge in [0.1, 0.15) is 39.8 Å². The first-order chi connectivity index (χ1) is 26.3. The van der Waals surface area contributed by atoms with Gasteiger partial charge in [0.15, 0.2) is 52.2 Å². The van der Waals surface area contributed by atoms with Crippen molar-refractivity contribution in [3.8, 4) is 34.0 Å². The zero-order valence-electron chi connectivity index (χ0n) is 31.5. The number of para-hydroxylation sites is 2. The maximum absolute atomic E-state index is 16.5. The van der Waals surface area contributed by atoms with Crippen molar-refractivity contribution in [2.24, 2.45) is 0 Å². The van der Waals surface area contributed by atoms with Crippen LogP contribution in [0.1, 0.15) is 112 Å². The normalized spacial score (nSPS) is 12.7. The Hall–Kier alpha value is -4.89. The maximum atomic E-state index is 16.5. The number of alkyl halides is 6. The number of rotatable bonds is 8. The molecule has 1 aromatic heterocycles. The van der Waals surface area contributed by atoms with E-state index < -0.39 is 116 Å². The van der Waals surface area contributed by atoms with Crippen LogP contribution >= 0.6 is 0 Å². The summed E-state index contributed by atoms with van der Waals surface area (Å²) in [5.41, 5.74) is -10.1. The predicted molar refractivity (Wildman–Crippen MR) is 184 cm³/mol. The van der Waals surface area contributed by atoms with Gasteiger partial charge in [-0.3, -0.25) is 0 Å². The van der Waals surface area contributed by atoms with Crippen LogP contribution in [-0.2, 0) is 12.4 Å². The van der Waals surface area contributed by atoms with E-state index in [-0.39, 0.29) is 33.6 Å². The molecule has 0 atom stereocenters. The van der Waals surface area contributed by atoms with E-state index in [1.54, 1.807) is 61.5 Å². The van der Waals surface area contributed by atoms with Gasteiger partial charge in [-0.25, -0.2) is 35.1 Å². The highest BCUT2D eigenvalue weighted by Gasteiger charge is 2.48. The number of aromatic nitrogens is 2. The van der Waals surface area contributed by atoms with Crippen LogP contribution in [0, 0.1) is 46.5 Å². The second kappa shape index (κ2) is 15.1. The molecule has 5 rings (SSSR count). The van der Waals surface area contributed by atoms with E-state index in [9.17, 15) is 26.3 Å². The van der Waals surface area contributed by atoms with Crippen molar-refractivity contribution in [1.82, 2.24) is 4.57 Å². The minimum absolute atomic E-state index is 0.0844. The summed E-state index contributed by atoms with van der Waals surface area (Å²) in [4.78, 5) is 0. The highest BCUT2D eigenvalue weighted by molar-refractivity contribution is 5.73. The minimum atomic E-state index is -5.98. The number of nitrogens with zero attached hydrogens (tertiary/aromatic N) is 2. The molecule has 5 aromatic rings. The van der Waals surface area contributed by atoms with Crippen LogP contribution in [0.2, 0.25) is 0 Å². The first-order valence-electron chi connectivity index (χ1n) is 17.6. The first kappa shape index (κ1) is 43.2. The molecule has 1 heterocycles. The van der Waals surface area contributed by atoms with Gasteiger partial charge in [0.25, 0.3) is 0 Å². The molecular formula is C41H35F14N2+.